The van der Waals surface area contributed by atoms with Gasteiger partial charge in [0.2, 0.25) is 11.8 Å². The number of ether oxygens (including phenoxy) is 1. The molecule has 0 bridgehead atoms. The van der Waals surface area contributed by atoms with Gasteiger partial charge in [0.1, 0.15) is 5.54 Å². The third-order valence-electron chi connectivity index (χ3n) is 4.98. The van der Waals surface area contributed by atoms with Gasteiger partial charge in [0.25, 0.3) is 0 Å². The molecule has 0 aromatic rings. The first-order valence-electron chi connectivity index (χ1n) is 7.84. The molecule has 2 aliphatic heterocycles. The highest BCUT2D eigenvalue weighted by Crippen LogP contribution is 2.34. The van der Waals surface area contributed by atoms with Gasteiger partial charge in [-0.25, -0.2) is 0 Å². The minimum Gasteiger partial charge on any atom is -0.378 e. The fraction of sp³-hybridized carbons (Fsp3) is 0.867. The third kappa shape index (κ3) is 2.43. The number of rotatable bonds is 1. The number of carbonyl (C=O) groups excluding carboxylic acids is 2. The van der Waals surface area contributed by atoms with Gasteiger partial charge in [-0.1, -0.05) is 12.8 Å². The van der Waals surface area contributed by atoms with Crippen molar-refractivity contribution in [2.24, 2.45) is 0 Å². The van der Waals surface area contributed by atoms with E-state index in [1.54, 1.807) is 0 Å². The Morgan fingerprint density at radius 3 is 2.75 bits per heavy atom. The number of carbonyl (C=O) groups is 2. The largest absolute Gasteiger partial charge is 0.378 e. The first-order valence-corrected chi connectivity index (χ1v) is 7.84. The average molecular weight is 280 g/mol. The zero-order chi connectivity index (χ0) is 14.2. The minimum atomic E-state index is -0.602. The molecule has 5 heteroatoms. The Morgan fingerprint density at radius 2 is 2.05 bits per heavy atom. The molecule has 2 amide bonds. The highest BCUT2D eigenvalue weighted by Gasteiger charge is 2.48. The topological polar surface area (TPSA) is 58.6 Å². The van der Waals surface area contributed by atoms with Crippen molar-refractivity contribution in [3.05, 3.63) is 0 Å². The van der Waals surface area contributed by atoms with Crippen molar-refractivity contribution in [3.63, 3.8) is 0 Å². The third-order valence-corrected chi connectivity index (χ3v) is 4.98. The predicted molar refractivity (Wildman–Crippen MR) is 74.1 cm³/mol. The molecule has 3 aliphatic rings. The van der Waals surface area contributed by atoms with E-state index in [9.17, 15) is 9.59 Å². The standard InChI is InChI=1S/C15H24N2O3/c1-11-10-12(5-9-20-11)17-8-4-13(18)16-15(14(17)19)6-2-3-7-15/h11-12H,2-10H2,1H3,(H,16,18). The van der Waals surface area contributed by atoms with Crippen LogP contribution in [0.15, 0.2) is 0 Å². The van der Waals surface area contributed by atoms with Crippen molar-refractivity contribution < 1.29 is 14.3 Å². The molecule has 2 saturated heterocycles. The molecule has 0 aromatic carbocycles. The van der Waals surface area contributed by atoms with Crippen LogP contribution in [-0.4, -0.2) is 47.6 Å². The lowest BCUT2D eigenvalue weighted by molar-refractivity contribution is -0.143. The van der Waals surface area contributed by atoms with Crippen LogP contribution in [0.1, 0.15) is 51.9 Å². The van der Waals surface area contributed by atoms with Gasteiger partial charge in [-0.15, -0.1) is 0 Å². The molecule has 1 saturated carbocycles. The van der Waals surface area contributed by atoms with Crippen molar-refractivity contribution in [3.8, 4) is 0 Å². The molecule has 2 unspecified atom stereocenters. The van der Waals surface area contributed by atoms with Crippen molar-refractivity contribution in [2.45, 2.75) is 69.6 Å². The van der Waals surface area contributed by atoms with Gasteiger partial charge in [0.15, 0.2) is 0 Å². The maximum atomic E-state index is 13.0. The van der Waals surface area contributed by atoms with Crippen LogP contribution < -0.4 is 5.32 Å². The highest BCUT2D eigenvalue weighted by atomic mass is 16.5. The normalized spacial score (nSPS) is 34.1. The summed E-state index contributed by atoms with van der Waals surface area (Å²) >= 11 is 0. The monoisotopic (exact) mass is 280 g/mol. The molecule has 1 N–H and O–H groups in total. The molecule has 1 spiro atoms. The molecule has 2 atom stereocenters. The summed E-state index contributed by atoms with van der Waals surface area (Å²) in [6, 6.07) is 0.233. The van der Waals surface area contributed by atoms with Gasteiger partial charge >= 0.3 is 0 Å². The van der Waals surface area contributed by atoms with Crippen LogP contribution in [0.25, 0.3) is 0 Å². The first-order chi connectivity index (χ1) is 9.61. The molecular weight excluding hydrogens is 256 g/mol. The van der Waals surface area contributed by atoms with Crippen molar-refractivity contribution in [2.75, 3.05) is 13.2 Å². The van der Waals surface area contributed by atoms with Gasteiger partial charge < -0.3 is 15.0 Å². The summed E-state index contributed by atoms with van der Waals surface area (Å²) in [5, 5.41) is 3.02. The Labute approximate surface area is 120 Å². The Hall–Kier alpha value is -1.10. The number of amides is 2. The van der Waals surface area contributed by atoms with Crippen LogP contribution in [-0.2, 0) is 14.3 Å². The molecule has 0 aromatic heterocycles. The van der Waals surface area contributed by atoms with Crippen LogP contribution in [0, 0.1) is 0 Å². The molecule has 3 rings (SSSR count). The van der Waals surface area contributed by atoms with E-state index in [-0.39, 0.29) is 24.0 Å². The summed E-state index contributed by atoms with van der Waals surface area (Å²) in [5.41, 5.74) is -0.602. The quantitative estimate of drug-likeness (QED) is 0.785. The molecule has 20 heavy (non-hydrogen) atoms. The second-order valence-corrected chi connectivity index (χ2v) is 6.45. The van der Waals surface area contributed by atoms with Crippen molar-refractivity contribution >= 4 is 11.8 Å². The summed E-state index contributed by atoms with van der Waals surface area (Å²) in [5.74, 6) is 0.183. The van der Waals surface area contributed by atoms with E-state index in [1.165, 1.54) is 0 Å². The fourth-order valence-electron chi connectivity index (χ4n) is 3.90. The molecule has 2 heterocycles. The summed E-state index contributed by atoms with van der Waals surface area (Å²) in [4.78, 5) is 26.9. The summed E-state index contributed by atoms with van der Waals surface area (Å²) < 4.78 is 5.58. The number of hydrogen-bond acceptors (Lipinski definition) is 3. The van der Waals surface area contributed by atoms with E-state index >= 15 is 0 Å². The first kappa shape index (κ1) is 13.9. The van der Waals surface area contributed by atoms with E-state index in [0.29, 0.717) is 19.6 Å². The lowest BCUT2D eigenvalue weighted by Gasteiger charge is -2.39. The van der Waals surface area contributed by atoms with E-state index in [4.69, 9.17) is 4.74 Å². The van der Waals surface area contributed by atoms with Crippen molar-refractivity contribution in [1.82, 2.24) is 10.2 Å². The van der Waals surface area contributed by atoms with E-state index in [0.717, 1.165) is 38.5 Å². The molecule has 112 valence electrons. The van der Waals surface area contributed by atoms with Crippen molar-refractivity contribution in [1.29, 1.82) is 0 Å². The molecule has 3 fully saturated rings. The van der Waals surface area contributed by atoms with Gasteiger partial charge in [-0.3, -0.25) is 9.59 Å². The molecular formula is C15H24N2O3. The molecule has 1 aliphatic carbocycles. The lowest BCUT2D eigenvalue weighted by atomic mass is 9.93. The summed E-state index contributed by atoms with van der Waals surface area (Å²) in [6.45, 7) is 3.33. The second-order valence-electron chi connectivity index (χ2n) is 6.45. The smallest absolute Gasteiger partial charge is 0.248 e. The maximum Gasteiger partial charge on any atom is 0.248 e. The minimum absolute atomic E-state index is 0.0304. The van der Waals surface area contributed by atoms with E-state index in [1.807, 2.05) is 4.90 Å². The SMILES string of the molecule is CC1CC(N2CCC(=O)NC3(CCCC3)C2=O)CCO1. The van der Waals surface area contributed by atoms with E-state index in [2.05, 4.69) is 12.2 Å². The zero-order valence-electron chi connectivity index (χ0n) is 12.2. The average Bonchev–Trinajstić information content (AvgIpc) is 2.83. The zero-order valence-corrected chi connectivity index (χ0v) is 12.2. The fourth-order valence-corrected chi connectivity index (χ4v) is 3.90. The summed E-state index contributed by atoms with van der Waals surface area (Å²) in [6.07, 6.45) is 6.07. The predicted octanol–water partition coefficient (Wildman–Crippen LogP) is 1.22. The second kappa shape index (κ2) is 5.35. The molecule has 5 nitrogen and oxygen atoms in total. The van der Waals surface area contributed by atoms with Gasteiger partial charge in [-0.2, -0.15) is 0 Å². The van der Waals surface area contributed by atoms with Gasteiger partial charge in [0, 0.05) is 25.6 Å². The summed E-state index contributed by atoms with van der Waals surface area (Å²) in [7, 11) is 0. The van der Waals surface area contributed by atoms with Gasteiger partial charge in [-0.05, 0) is 32.6 Å². The van der Waals surface area contributed by atoms with Crippen LogP contribution >= 0.6 is 0 Å². The number of nitrogens with zero attached hydrogens (tertiary/aromatic N) is 1. The number of nitrogens with one attached hydrogen (secondary N) is 1. The maximum absolute atomic E-state index is 13.0. The van der Waals surface area contributed by atoms with Crippen LogP contribution in [0.2, 0.25) is 0 Å². The Morgan fingerprint density at radius 1 is 1.30 bits per heavy atom. The molecule has 0 radical (unpaired) electrons. The number of hydrogen-bond donors (Lipinski definition) is 1. The van der Waals surface area contributed by atoms with Crippen LogP contribution in [0.4, 0.5) is 0 Å². The Kier molecular flexibility index (Phi) is 3.71. The van der Waals surface area contributed by atoms with Crippen LogP contribution in [0.5, 0.6) is 0 Å². The Bertz CT molecular complexity index is 404. The van der Waals surface area contributed by atoms with E-state index < -0.39 is 5.54 Å². The lowest BCUT2D eigenvalue weighted by Crippen LogP contribution is -2.58. The highest BCUT2D eigenvalue weighted by molar-refractivity contribution is 5.94. The van der Waals surface area contributed by atoms with Crippen LogP contribution in [0.3, 0.4) is 0 Å². The van der Waals surface area contributed by atoms with Gasteiger partial charge in [0.05, 0.1) is 6.10 Å². The Balaban J connectivity index is 1.82.